The number of ether oxygens (including phenoxy) is 1. The number of nitrogens with one attached hydrogen (secondary N) is 2. The molecule has 9 nitrogen and oxygen atoms in total. The van der Waals surface area contributed by atoms with Crippen LogP contribution in [0.3, 0.4) is 0 Å². The van der Waals surface area contributed by atoms with Crippen molar-refractivity contribution in [2.24, 2.45) is 4.99 Å². The van der Waals surface area contributed by atoms with Crippen molar-refractivity contribution in [3.8, 4) is 23.0 Å². The lowest BCUT2D eigenvalue weighted by molar-refractivity contribution is 0.440. The smallest absolute Gasteiger partial charge is 0.324 e. The normalized spacial score (nSPS) is 11.9. The van der Waals surface area contributed by atoms with E-state index in [4.69, 9.17) is 4.74 Å². The van der Waals surface area contributed by atoms with Crippen molar-refractivity contribution in [2.45, 2.75) is 27.2 Å². The molecule has 4 aromatic heterocycles. The molecule has 142 valence electrons. The van der Waals surface area contributed by atoms with E-state index in [1.165, 1.54) is 0 Å². The Morgan fingerprint density at radius 1 is 1.18 bits per heavy atom. The van der Waals surface area contributed by atoms with Crippen molar-refractivity contribution in [1.82, 2.24) is 35.1 Å². The topological polar surface area (TPSA) is 118 Å². The standard InChI is InChI=1S/C19H20N8O/c1-5-14-15-17(12-6-23-24-7-12)26-19(28-13-8-21-11(3)22-9-13)27-18(15)25-16(14)10(2)20-4/h6-9H,5H2,1-4H3,(H,23,24)(H,25,26,27). The molecule has 2 N–H and O–H groups in total. The fraction of sp³-hybridized carbons (Fsp3) is 0.263. The summed E-state index contributed by atoms with van der Waals surface area (Å²) >= 11 is 0. The lowest BCUT2D eigenvalue weighted by atomic mass is 10.0. The summed E-state index contributed by atoms with van der Waals surface area (Å²) < 4.78 is 5.82. The van der Waals surface area contributed by atoms with Crippen molar-refractivity contribution in [3.63, 3.8) is 0 Å². The van der Waals surface area contributed by atoms with Crippen LogP contribution in [0.4, 0.5) is 0 Å². The minimum Gasteiger partial charge on any atom is -0.421 e. The van der Waals surface area contributed by atoms with E-state index >= 15 is 0 Å². The van der Waals surface area contributed by atoms with Gasteiger partial charge in [0.05, 0.1) is 35.7 Å². The van der Waals surface area contributed by atoms with Gasteiger partial charge in [-0.05, 0) is 25.8 Å². The molecular formula is C19H20N8O. The Hall–Kier alpha value is -3.62. The maximum Gasteiger partial charge on any atom is 0.324 e. The zero-order valence-corrected chi connectivity index (χ0v) is 16.1. The third-order valence-corrected chi connectivity index (χ3v) is 4.52. The molecule has 0 amide bonds. The SMILES string of the molecule is CCc1c(C(C)=NC)[nH]c2nc(Oc3cnc(C)nc3)nc(-c3cn[nH]c3)c12. The lowest BCUT2D eigenvalue weighted by Crippen LogP contribution is -1.99. The maximum atomic E-state index is 5.82. The summed E-state index contributed by atoms with van der Waals surface area (Å²) in [6, 6.07) is 0.206. The summed E-state index contributed by atoms with van der Waals surface area (Å²) in [6.45, 7) is 5.88. The molecule has 0 spiro atoms. The molecule has 4 aromatic rings. The largest absolute Gasteiger partial charge is 0.421 e. The number of aryl methyl sites for hydroxylation is 2. The van der Waals surface area contributed by atoms with Gasteiger partial charge in [0.25, 0.3) is 0 Å². The van der Waals surface area contributed by atoms with Crippen LogP contribution >= 0.6 is 0 Å². The van der Waals surface area contributed by atoms with Crippen LogP contribution in [0.2, 0.25) is 0 Å². The van der Waals surface area contributed by atoms with Gasteiger partial charge < -0.3 is 9.72 Å². The van der Waals surface area contributed by atoms with E-state index in [0.29, 0.717) is 17.2 Å². The number of aliphatic imine (C=N–C) groups is 1. The average Bonchev–Trinajstić information content (AvgIpc) is 3.36. The molecule has 4 heterocycles. The van der Waals surface area contributed by atoms with E-state index in [-0.39, 0.29) is 6.01 Å². The number of hydrogen-bond acceptors (Lipinski definition) is 7. The van der Waals surface area contributed by atoms with Crippen molar-refractivity contribution in [1.29, 1.82) is 0 Å². The van der Waals surface area contributed by atoms with Gasteiger partial charge in [-0.25, -0.2) is 9.97 Å². The number of H-pyrrole nitrogens is 2. The third kappa shape index (κ3) is 3.11. The minimum absolute atomic E-state index is 0.206. The molecular weight excluding hydrogens is 356 g/mol. The van der Waals surface area contributed by atoms with E-state index in [1.54, 1.807) is 31.8 Å². The predicted molar refractivity (Wildman–Crippen MR) is 106 cm³/mol. The van der Waals surface area contributed by atoms with Crippen LogP contribution in [-0.2, 0) is 6.42 Å². The number of hydrogen-bond donors (Lipinski definition) is 2. The highest BCUT2D eigenvalue weighted by molar-refractivity contribution is 6.06. The number of fused-ring (bicyclic) bond motifs is 1. The van der Waals surface area contributed by atoms with Crippen LogP contribution < -0.4 is 4.74 Å². The molecule has 0 radical (unpaired) electrons. The van der Waals surface area contributed by atoms with E-state index in [1.807, 2.05) is 13.8 Å². The van der Waals surface area contributed by atoms with Gasteiger partial charge in [0.1, 0.15) is 11.5 Å². The van der Waals surface area contributed by atoms with Crippen LogP contribution in [0.1, 0.15) is 30.9 Å². The van der Waals surface area contributed by atoms with Gasteiger partial charge in [0.15, 0.2) is 5.75 Å². The first-order chi connectivity index (χ1) is 13.6. The number of nitrogens with zero attached hydrogens (tertiary/aromatic N) is 6. The van der Waals surface area contributed by atoms with E-state index in [2.05, 4.69) is 47.0 Å². The first-order valence-electron chi connectivity index (χ1n) is 8.92. The van der Waals surface area contributed by atoms with Crippen LogP contribution in [0.15, 0.2) is 29.8 Å². The summed E-state index contributed by atoms with van der Waals surface area (Å²) in [5.74, 6) is 1.13. The van der Waals surface area contributed by atoms with Gasteiger partial charge in [0, 0.05) is 24.2 Å². The van der Waals surface area contributed by atoms with Gasteiger partial charge in [-0.1, -0.05) is 6.92 Å². The highest BCUT2D eigenvalue weighted by atomic mass is 16.5. The van der Waals surface area contributed by atoms with Gasteiger partial charge in [-0.3, -0.25) is 10.1 Å². The highest BCUT2D eigenvalue weighted by Gasteiger charge is 2.21. The molecule has 0 saturated carbocycles. The summed E-state index contributed by atoms with van der Waals surface area (Å²) in [4.78, 5) is 25.2. The van der Waals surface area contributed by atoms with E-state index in [9.17, 15) is 0 Å². The Morgan fingerprint density at radius 2 is 1.96 bits per heavy atom. The van der Waals surface area contributed by atoms with Crippen LogP contribution in [0.25, 0.3) is 22.3 Å². The molecule has 0 unspecified atom stereocenters. The second kappa shape index (κ2) is 7.18. The molecule has 0 aliphatic carbocycles. The highest BCUT2D eigenvalue weighted by Crippen LogP contribution is 2.33. The summed E-state index contributed by atoms with van der Waals surface area (Å²) in [5, 5.41) is 7.84. The van der Waals surface area contributed by atoms with E-state index in [0.717, 1.165) is 40.0 Å². The molecule has 4 rings (SSSR count). The van der Waals surface area contributed by atoms with Crippen LogP contribution in [-0.4, -0.2) is 47.9 Å². The Bertz CT molecular complexity index is 1140. The molecule has 0 aliphatic rings. The van der Waals surface area contributed by atoms with Gasteiger partial charge in [-0.2, -0.15) is 15.1 Å². The molecule has 9 heteroatoms. The zero-order valence-electron chi connectivity index (χ0n) is 16.1. The Balaban J connectivity index is 1.92. The van der Waals surface area contributed by atoms with Crippen LogP contribution in [0.5, 0.6) is 11.8 Å². The van der Waals surface area contributed by atoms with Crippen molar-refractivity contribution in [3.05, 3.63) is 41.9 Å². The summed E-state index contributed by atoms with van der Waals surface area (Å²) in [7, 11) is 1.77. The van der Waals surface area contributed by atoms with Gasteiger partial charge in [-0.15, -0.1) is 0 Å². The molecule has 0 aliphatic heterocycles. The minimum atomic E-state index is 0.206. The zero-order chi connectivity index (χ0) is 19.7. The molecule has 0 fully saturated rings. The molecule has 0 atom stereocenters. The Labute approximate surface area is 161 Å². The third-order valence-electron chi connectivity index (χ3n) is 4.52. The second-order valence-corrected chi connectivity index (χ2v) is 6.27. The number of aromatic amines is 2. The maximum absolute atomic E-state index is 5.82. The fourth-order valence-corrected chi connectivity index (χ4v) is 3.08. The average molecular weight is 376 g/mol. The van der Waals surface area contributed by atoms with Gasteiger partial charge in [0.2, 0.25) is 0 Å². The summed E-state index contributed by atoms with van der Waals surface area (Å²) in [5.41, 5.74) is 5.25. The predicted octanol–water partition coefficient (Wildman–Crippen LogP) is 3.24. The molecule has 0 saturated heterocycles. The molecule has 28 heavy (non-hydrogen) atoms. The lowest BCUT2D eigenvalue weighted by Gasteiger charge is -2.07. The van der Waals surface area contributed by atoms with Crippen LogP contribution in [0, 0.1) is 6.92 Å². The van der Waals surface area contributed by atoms with Crippen molar-refractivity contribution >= 4 is 16.7 Å². The number of aromatic nitrogens is 7. The molecule has 0 bridgehead atoms. The van der Waals surface area contributed by atoms with E-state index < -0.39 is 0 Å². The first-order valence-corrected chi connectivity index (χ1v) is 8.92. The second-order valence-electron chi connectivity index (χ2n) is 6.27. The summed E-state index contributed by atoms with van der Waals surface area (Å²) in [6.07, 6.45) is 7.53. The van der Waals surface area contributed by atoms with Crippen molar-refractivity contribution < 1.29 is 4.74 Å². The van der Waals surface area contributed by atoms with Gasteiger partial charge >= 0.3 is 6.01 Å². The quantitative estimate of drug-likeness (QED) is 0.516. The first kappa shape index (κ1) is 17.8. The monoisotopic (exact) mass is 376 g/mol. The fourth-order valence-electron chi connectivity index (χ4n) is 3.08. The molecule has 0 aromatic carbocycles. The van der Waals surface area contributed by atoms with Crippen molar-refractivity contribution in [2.75, 3.05) is 7.05 Å². The Kier molecular flexibility index (Phi) is 4.56. The Morgan fingerprint density at radius 3 is 2.61 bits per heavy atom. The number of rotatable bonds is 5.